The predicted molar refractivity (Wildman–Crippen MR) is 145 cm³/mol. The van der Waals surface area contributed by atoms with E-state index in [0.717, 1.165) is 33.7 Å². The molecule has 6 nitrogen and oxygen atoms in total. The van der Waals surface area contributed by atoms with E-state index in [1.54, 1.807) is 0 Å². The van der Waals surface area contributed by atoms with Crippen LogP contribution in [0.4, 0.5) is 0 Å². The van der Waals surface area contributed by atoms with Crippen LogP contribution in [-0.2, 0) is 6.54 Å². The summed E-state index contributed by atoms with van der Waals surface area (Å²) in [6.45, 7) is 7.36. The molecule has 0 aliphatic carbocycles. The van der Waals surface area contributed by atoms with Crippen molar-refractivity contribution in [1.29, 1.82) is 0 Å². The molecule has 0 saturated heterocycles. The van der Waals surface area contributed by atoms with Gasteiger partial charge in [0, 0.05) is 17.8 Å². The Morgan fingerprint density at radius 1 is 0.972 bits per heavy atom. The van der Waals surface area contributed by atoms with Crippen LogP contribution in [0.15, 0.2) is 89.1 Å². The zero-order valence-electron chi connectivity index (χ0n) is 20.6. The largest absolute Gasteiger partial charge is 0.494 e. The molecule has 1 aliphatic rings. The van der Waals surface area contributed by atoms with Gasteiger partial charge < -0.3 is 19.5 Å². The minimum Gasteiger partial charge on any atom is -0.494 e. The van der Waals surface area contributed by atoms with E-state index in [-0.39, 0.29) is 6.04 Å². The molecule has 3 aromatic carbocycles. The van der Waals surface area contributed by atoms with Crippen LogP contribution < -0.4 is 10.1 Å². The number of nitrogens with zero attached hydrogens (tertiary/aromatic N) is 3. The number of benzene rings is 3. The number of rotatable bonds is 7. The summed E-state index contributed by atoms with van der Waals surface area (Å²) in [7, 11) is 0. The van der Waals surface area contributed by atoms with Gasteiger partial charge in [-0.1, -0.05) is 65.3 Å². The molecule has 1 unspecified atom stereocenters. The van der Waals surface area contributed by atoms with Gasteiger partial charge in [0.25, 0.3) is 5.89 Å². The highest BCUT2D eigenvalue weighted by atomic mass is 32.1. The summed E-state index contributed by atoms with van der Waals surface area (Å²) in [4.78, 5) is 6.89. The third-order valence-electron chi connectivity index (χ3n) is 6.27. The van der Waals surface area contributed by atoms with Crippen molar-refractivity contribution in [3.63, 3.8) is 0 Å². The summed E-state index contributed by atoms with van der Waals surface area (Å²) in [5.41, 5.74) is 6.19. The molecular weight excluding hydrogens is 468 g/mol. The second-order valence-electron chi connectivity index (χ2n) is 8.74. The molecule has 1 N–H and O–H groups in total. The Morgan fingerprint density at radius 3 is 2.39 bits per heavy atom. The second-order valence-corrected chi connectivity index (χ2v) is 9.13. The Kier molecular flexibility index (Phi) is 6.82. The van der Waals surface area contributed by atoms with Crippen molar-refractivity contribution in [2.24, 2.45) is 0 Å². The van der Waals surface area contributed by atoms with Crippen LogP contribution >= 0.6 is 12.2 Å². The number of hydrogen-bond acceptors (Lipinski definition) is 5. The average molecular weight is 497 g/mol. The first-order valence-electron chi connectivity index (χ1n) is 12.0. The Morgan fingerprint density at radius 2 is 1.69 bits per heavy atom. The molecule has 0 amide bonds. The molecule has 0 spiro atoms. The highest BCUT2D eigenvalue weighted by molar-refractivity contribution is 7.80. The number of allylic oxidation sites excluding steroid dienone is 1. The van der Waals surface area contributed by atoms with Crippen molar-refractivity contribution in [2.45, 2.75) is 33.4 Å². The quantitative estimate of drug-likeness (QED) is 0.301. The topological polar surface area (TPSA) is 63.4 Å². The maximum atomic E-state index is 5.86. The van der Waals surface area contributed by atoms with E-state index in [9.17, 15) is 0 Å². The number of aromatic nitrogens is 2. The van der Waals surface area contributed by atoms with Crippen LogP contribution in [0.25, 0.3) is 17.0 Å². The highest BCUT2D eigenvalue weighted by Gasteiger charge is 2.34. The fraction of sp³-hybridized carbons (Fsp3) is 0.207. The van der Waals surface area contributed by atoms with Crippen LogP contribution in [0.3, 0.4) is 0 Å². The first kappa shape index (κ1) is 23.8. The SMILES string of the molecule is CCOc1ccc(-c2noc(C3=C(C)N(Cc4ccccc4)C(=S)NC3c3ccc(C)cc3)n2)cc1. The molecule has 0 radical (unpaired) electrons. The van der Waals surface area contributed by atoms with E-state index in [1.165, 1.54) is 5.56 Å². The van der Waals surface area contributed by atoms with E-state index < -0.39 is 0 Å². The van der Waals surface area contributed by atoms with E-state index in [2.05, 4.69) is 65.6 Å². The molecule has 2 heterocycles. The van der Waals surface area contributed by atoms with Crippen LogP contribution in [0.2, 0.25) is 0 Å². The minimum absolute atomic E-state index is 0.209. The van der Waals surface area contributed by atoms with E-state index >= 15 is 0 Å². The Labute approximate surface area is 216 Å². The minimum atomic E-state index is -0.209. The van der Waals surface area contributed by atoms with Gasteiger partial charge in [-0.05, 0) is 68.4 Å². The Balaban J connectivity index is 1.55. The third-order valence-corrected chi connectivity index (χ3v) is 6.61. The lowest BCUT2D eigenvalue weighted by Gasteiger charge is -2.37. The lowest BCUT2D eigenvalue weighted by atomic mass is 9.94. The smallest absolute Gasteiger partial charge is 0.258 e. The van der Waals surface area contributed by atoms with E-state index in [0.29, 0.717) is 30.0 Å². The average Bonchev–Trinajstić information content (AvgIpc) is 3.38. The molecule has 0 bridgehead atoms. The number of ether oxygens (including phenoxy) is 1. The van der Waals surface area contributed by atoms with Crippen molar-refractivity contribution < 1.29 is 9.26 Å². The van der Waals surface area contributed by atoms with Gasteiger partial charge in [-0.25, -0.2) is 0 Å². The van der Waals surface area contributed by atoms with Gasteiger partial charge in [-0.15, -0.1) is 0 Å². The first-order valence-corrected chi connectivity index (χ1v) is 12.4. The molecule has 1 aromatic heterocycles. The lowest BCUT2D eigenvalue weighted by Crippen LogP contribution is -2.45. The lowest BCUT2D eigenvalue weighted by molar-refractivity contribution is 0.340. The summed E-state index contributed by atoms with van der Waals surface area (Å²) in [5, 5.41) is 8.49. The van der Waals surface area contributed by atoms with Gasteiger partial charge in [0.15, 0.2) is 5.11 Å². The summed E-state index contributed by atoms with van der Waals surface area (Å²) >= 11 is 5.83. The maximum absolute atomic E-state index is 5.86. The third kappa shape index (κ3) is 4.88. The van der Waals surface area contributed by atoms with Crippen LogP contribution in [0.1, 0.15) is 42.5 Å². The molecular formula is C29H28N4O2S. The zero-order chi connectivity index (χ0) is 25.1. The maximum Gasteiger partial charge on any atom is 0.258 e. The normalized spacial score (nSPS) is 15.7. The molecule has 0 saturated carbocycles. The van der Waals surface area contributed by atoms with Crippen molar-refractivity contribution in [3.05, 3.63) is 107 Å². The summed E-state index contributed by atoms with van der Waals surface area (Å²) in [6.07, 6.45) is 0. The molecule has 1 atom stereocenters. The number of nitrogens with one attached hydrogen (secondary N) is 1. The summed E-state index contributed by atoms with van der Waals surface area (Å²) in [5.74, 6) is 1.80. The van der Waals surface area contributed by atoms with Gasteiger partial charge in [-0.2, -0.15) is 4.98 Å². The molecule has 4 aromatic rings. The second kappa shape index (κ2) is 10.3. The van der Waals surface area contributed by atoms with Gasteiger partial charge in [-0.3, -0.25) is 0 Å². The van der Waals surface area contributed by atoms with Gasteiger partial charge in [0.2, 0.25) is 5.82 Å². The standard InChI is InChI=1S/C29H28N4O2S/c1-4-34-24-16-14-23(15-17-24)27-31-28(35-32-27)25-20(3)33(18-21-8-6-5-7-9-21)29(36)30-26(25)22-12-10-19(2)11-13-22/h5-17,26H,4,18H2,1-3H3,(H,30,36). The van der Waals surface area contributed by atoms with Gasteiger partial charge in [0.1, 0.15) is 5.75 Å². The van der Waals surface area contributed by atoms with Crippen LogP contribution in [0.5, 0.6) is 5.75 Å². The predicted octanol–water partition coefficient (Wildman–Crippen LogP) is 6.31. The fourth-order valence-corrected chi connectivity index (χ4v) is 4.66. The van der Waals surface area contributed by atoms with Crippen LogP contribution in [0, 0.1) is 6.92 Å². The summed E-state index contributed by atoms with van der Waals surface area (Å²) < 4.78 is 11.4. The van der Waals surface area contributed by atoms with Crippen molar-refractivity contribution in [3.8, 4) is 17.1 Å². The molecule has 1 aliphatic heterocycles. The van der Waals surface area contributed by atoms with E-state index in [1.807, 2.05) is 49.4 Å². The van der Waals surface area contributed by atoms with Gasteiger partial charge in [0.05, 0.1) is 18.2 Å². The zero-order valence-corrected chi connectivity index (χ0v) is 21.4. The molecule has 0 fully saturated rings. The molecule has 7 heteroatoms. The first-order chi connectivity index (χ1) is 17.5. The van der Waals surface area contributed by atoms with Gasteiger partial charge >= 0.3 is 0 Å². The summed E-state index contributed by atoms with van der Waals surface area (Å²) in [6, 6.07) is 26.2. The van der Waals surface area contributed by atoms with E-state index in [4.69, 9.17) is 26.5 Å². The number of hydrogen-bond donors (Lipinski definition) is 1. The fourth-order valence-electron chi connectivity index (χ4n) is 4.34. The Hall–Kier alpha value is -3.97. The number of thiocarbonyl (C=S) groups is 1. The van der Waals surface area contributed by atoms with Crippen molar-refractivity contribution >= 4 is 22.9 Å². The van der Waals surface area contributed by atoms with Crippen LogP contribution in [-0.4, -0.2) is 26.8 Å². The Bertz CT molecular complexity index is 1380. The monoisotopic (exact) mass is 496 g/mol. The van der Waals surface area contributed by atoms with Crippen molar-refractivity contribution in [2.75, 3.05) is 6.61 Å². The molecule has 5 rings (SSSR count). The number of aryl methyl sites for hydroxylation is 1. The van der Waals surface area contributed by atoms with Crippen molar-refractivity contribution in [1.82, 2.24) is 20.4 Å². The molecule has 36 heavy (non-hydrogen) atoms. The molecule has 182 valence electrons. The highest BCUT2D eigenvalue weighted by Crippen LogP contribution is 2.38.